The normalized spacial score (nSPS) is 15.7. The van der Waals surface area contributed by atoms with Crippen molar-refractivity contribution in [1.82, 2.24) is 10.9 Å². The van der Waals surface area contributed by atoms with Gasteiger partial charge < -0.3 is 4.74 Å². The Morgan fingerprint density at radius 2 is 1.71 bits per heavy atom. The third-order valence-corrected chi connectivity index (χ3v) is 5.69. The van der Waals surface area contributed by atoms with Crippen LogP contribution in [0.1, 0.15) is 41.3 Å². The highest BCUT2D eigenvalue weighted by Gasteiger charge is 2.43. The first-order chi connectivity index (χ1) is 13.5. The van der Waals surface area contributed by atoms with Crippen LogP contribution < -0.4 is 10.9 Å². The summed E-state index contributed by atoms with van der Waals surface area (Å²) in [6, 6.07) is 12.4. The van der Waals surface area contributed by atoms with Gasteiger partial charge in [-0.15, -0.1) is 0 Å². The molecule has 7 heteroatoms. The van der Waals surface area contributed by atoms with Gasteiger partial charge in [-0.2, -0.15) is 0 Å². The molecule has 2 N–H and O–H groups in total. The first kappa shape index (κ1) is 20.6. The third kappa shape index (κ3) is 4.32. The minimum atomic E-state index is -0.890. The van der Waals surface area contributed by atoms with Crippen LogP contribution >= 0.6 is 23.2 Å². The standard InChI is InChI=1S/C21H22Cl2N2O3/c1-2-14-3-5-15(6-4-14)19(26)24-25-20(27)21(9-11-28-12-10-21)17-8-7-16(22)13-18(17)23/h3-8,13H,2,9-12H2,1H3,(H,24,26)(H,25,27). The maximum Gasteiger partial charge on any atom is 0.269 e. The summed E-state index contributed by atoms with van der Waals surface area (Å²) in [7, 11) is 0. The van der Waals surface area contributed by atoms with Gasteiger partial charge in [-0.05, 0) is 54.7 Å². The highest BCUT2D eigenvalue weighted by molar-refractivity contribution is 6.35. The lowest BCUT2D eigenvalue weighted by molar-refractivity contribution is -0.131. The summed E-state index contributed by atoms with van der Waals surface area (Å²) in [6.45, 7) is 2.90. The number of hydrogen-bond donors (Lipinski definition) is 2. The van der Waals surface area contributed by atoms with Crippen LogP contribution in [0.25, 0.3) is 0 Å². The highest BCUT2D eigenvalue weighted by atomic mass is 35.5. The van der Waals surface area contributed by atoms with Crippen molar-refractivity contribution in [1.29, 1.82) is 0 Å². The van der Waals surface area contributed by atoms with Crippen molar-refractivity contribution >= 4 is 35.0 Å². The molecule has 28 heavy (non-hydrogen) atoms. The molecular weight excluding hydrogens is 399 g/mol. The number of hydrogen-bond acceptors (Lipinski definition) is 3. The van der Waals surface area contributed by atoms with Crippen LogP contribution in [0.2, 0.25) is 10.0 Å². The lowest BCUT2D eigenvalue weighted by Gasteiger charge is -2.36. The fourth-order valence-corrected chi connectivity index (χ4v) is 4.00. The van der Waals surface area contributed by atoms with Gasteiger partial charge in [0.15, 0.2) is 0 Å². The smallest absolute Gasteiger partial charge is 0.269 e. The summed E-state index contributed by atoms with van der Waals surface area (Å²) < 4.78 is 5.44. The lowest BCUT2D eigenvalue weighted by atomic mass is 9.73. The summed E-state index contributed by atoms with van der Waals surface area (Å²) in [5.74, 6) is -0.695. The molecule has 1 fully saturated rings. The van der Waals surface area contributed by atoms with Gasteiger partial charge in [0.2, 0.25) is 5.91 Å². The Morgan fingerprint density at radius 1 is 1.04 bits per heavy atom. The van der Waals surface area contributed by atoms with Crippen LogP contribution in [0, 0.1) is 0 Å². The second kappa shape index (κ2) is 8.95. The Kier molecular flexibility index (Phi) is 6.60. The van der Waals surface area contributed by atoms with Crippen molar-refractivity contribution in [3.8, 4) is 0 Å². The molecular formula is C21H22Cl2N2O3. The summed E-state index contributed by atoms with van der Waals surface area (Å²) in [5.41, 5.74) is 6.49. The molecule has 148 valence electrons. The molecule has 1 saturated heterocycles. The fourth-order valence-electron chi connectivity index (χ4n) is 3.41. The van der Waals surface area contributed by atoms with Crippen molar-refractivity contribution in [2.45, 2.75) is 31.6 Å². The van der Waals surface area contributed by atoms with E-state index in [2.05, 4.69) is 10.9 Å². The molecule has 1 aliphatic rings. The van der Waals surface area contributed by atoms with Crippen LogP contribution in [0.15, 0.2) is 42.5 Å². The molecule has 1 heterocycles. The Balaban J connectivity index is 1.77. The van der Waals surface area contributed by atoms with E-state index in [4.69, 9.17) is 27.9 Å². The van der Waals surface area contributed by atoms with E-state index in [1.54, 1.807) is 30.3 Å². The van der Waals surface area contributed by atoms with Gasteiger partial charge >= 0.3 is 0 Å². The quantitative estimate of drug-likeness (QED) is 0.732. The number of halogens is 2. The number of aryl methyl sites for hydroxylation is 1. The average molecular weight is 421 g/mol. The van der Waals surface area contributed by atoms with Gasteiger partial charge in [0, 0.05) is 28.8 Å². The van der Waals surface area contributed by atoms with Gasteiger partial charge in [0.1, 0.15) is 0 Å². The number of amides is 2. The zero-order valence-corrected chi connectivity index (χ0v) is 17.1. The van der Waals surface area contributed by atoms with Gasteiger partial charge in [0.05, 0.1) is 5.41 Å². The summed E-state index contributed by atoms with van der Waals surface area (Å²) in [4.78, 5) is 25.5. The van der Waals surface area contributed by atoms with Crippen LogP contribution in [-0.4, -0.2) is 25.0 Å². The summed E-state index contributed by atoms with van der Waals surface area (Å²) >= 11 is 12.4. The molecule has 0 aliphatic carbocycles. The second-order valence-corrected chi connectivity index (χ2v) is 7.62. The Bertz CT molecular complexity index is 862. The number of carbonyl (C=O) groups is 2. The van der Waals surface area contributed by atoms with Crippen LogP contribution in [0.5, 0.6) is 0 Å². The van der Waals surface area contributed by atoms with Crippen LogP contribution in [0.3, 0.4) is 0 Å². The van der Waals surface area contributed by atoms with Crippen LogP contribution in [0.4, 0.5) is 0 Å². The minimum absolute atomic E-state index is 0.321. The lowest BCUT2D eigenvalue weighted by Crippen LogP contribution is -2.53. The number of benzene rings is 2. The minimum Gasteiger partial charge on any atom is -0.381 e. The molecule has 5 nitrogen and oxygen atoms in total. The van der Waals surface area contributed by atoms with E-state index in [1.165, 1.54) is 0 Å². The summed E-state index contributed by atoms with van der Waals surface area (Å²) in [6.07, 6.45) is 1.81. The Labute approximate surface area is 174 Å². The molecule has 0 spiro atoms. The molecule has 2 aromatic rings. The number of nitrogens with one attached hydrogen (secondary N) is 2. The maximum atomic E-state index is 13.1. The fraction of sp³-hybridized carbons (Fsp3) is 0.333. The Morgan fingerprint density at radius 3 is 2.32 bits per heavy atom. The predicted octanol–water partition coefficient (Wildman–Crippen LogP) is 4.07. The van der Waals surface area contributed by atoms with Crippen molar-refractivity contribution < 1.29 is 14.3 Å². The zero-order chi connectivity index (χ0) is 20.1. The van der Waals surface area contributed by atoms with Crippen molar-refractivity contribution in [2.24, 2.45) is 0 Å². The van der Waals surface area contributed by atoms with E-state index < -0.39 is 5.41 Å². The van der Waals surface area contributed by atoms with Gasteiger partial charge in [-0.3, -0.25) is 20.4 Å². The zero-order valence-electron chi connectivity index (χ0n) is 15.6. The molecule has 0 aromatic heterocycles. The molecule has 0 saturated carbocycles. The second-order valence-electron chi connectivity index (χ2n) is 6.78. The van der Waals surface area contributed by atoms with E-state index in [1.807, 2.05) is 19.1 Å². The topological polar surface area (TPSA) is 67.4 Å². The molecule has 0 bridgehead atoms. The van der Waals surface area contributed by atoms with E-state index in [0.29, 0.717) is 47.2 Å². The van der Waals surface area contributed by atoms with Gasteiger partial charge in [-0.25, -0.2) is 0 Å². The monoisotopic (exact) mass is 420 g/mol. The molecule has 0 radical (unpaired) electrons. The van der Waals surface area contributed by atoms with E-state index in [0.717, 1.165) is 12.0 Å². The van der Waals surface area contributed by atoms with Crippen molar-refractivity contribution in [3.05, 3.63) is 69.2 Å². The van der Waals surface area contributed by atoms with Gasteiger partial charge in [-0.1, -0.05) is 48.3 Å². The van der Waals surface area contributed by atoms with Crippen LogP contribution in [-0.2, 0) is 21.4 Å². The largest absolute Gasteiger partial charge is 0.381 e. The molecule has 0 unspecified atom stereocenters. The van der Waals surface area contributed by atoms with E-state index >= 15 is 0 Å². The Hall–Kier alpha value is -2.08. The van der Waals surface area contributed by atoms with Crippen molar-refractivity contribution in [2.75, 3.05) is 13.2 Å². The molecule has 1 aliphatic heterocycles. The number of carbonyl (C=O) groups excluding carboxylic acids is 2. The number of hydrazine groups is 1. The SMILES string of the molecule is CCc1ccc(C(=O)NNC(=O)C2(c3ccc(Cl)cc3Cl)CCOCC2)cc1. The predicted molar refractivity (Wildman–Crippen MR) is 110 cm³/mol. The average Bonchev–Trinajstić information content (AvgIpc) is 2.72. The van der Waals surface area contributed by atoms with Gasteiger partial charge in [0.25, 0.3) is 5.91 Å². The molecule has 0 atom stereocenters. The third-order valence-electron chi connectivity index (χ3n) is 5.14. The first-order valence-electron chi connectivity index (χ1n) is 9.19. The summed E-state index contributed by atoms with van der Waals surface area (Å²) in [5, 5.41) is 0.922. The molecule has 2 amide bonds. The van der Waals surface area contributed by atoms with Crippen molar-refractivity contribution in [3.63, 3.8) is 0 Å². The molecule has 2 aromatic carbocycles. The highest BCUT2D eigenvalue weighted by Crippen LogP contribution is 2.39. The first-order valence-corrected chi connectivity index (χ1v) is 9.95. The number of ether oxygens (including phenoxy) is 1. The molecule has 3 rings (SSSR count). The maximum absolute atomic E-state index is 13.1. The van der Waals surface area contributed by atoms with E-state index in [9.17, 15) is 9.59 Å². The number of rotatable bonds is 4. The van der Waals surface area contributed by atoms with E-state index in [-0.39, 0.29) is 11.8 Å².